The average Bonchev–Trinajstić information content (AvgIpc) is 2.67. The fourth-order valence-electron chi connectivity index (χ4n) is 4.77. The monoisotopic (exact) mass is 366 g/mol. The van der Waals surface area contributed by atoms with Gasteiger partial charge in [0.15, 0.2) is 11.6 Å². The molecule has 26 heavy (non-hydrogen) atoms. The molecule has 0 spiro atoms. The van der Waals surface area contributed by atoms with Gasteiger partial charge in [-0.2, -0.15) is 4.39 Å². The van der Waals surface area contributed by atoms with E-state index in [1.165, 1.54) is 38.5 Å². The van der Waals surface area contributed by atoms with Crippen LogP contribution in [0.1, 0.15) is 76.7 Å². The molecule has 0 radical (unpaired) electrons. The summed E-state index contributed by atoms with van der Waals surface area (Å²) in [6.45, 7) is 4.84. The van der Waals surface area contributed by atoms with Crippen LogP contribution in [0.15, 0.2) is 12.1 Å². The Morgan fingerprint density at radius 3 is 2.38 bits per heavy atom. The quantitative estimate of drug-likeness (QED) is 0.594. The average molecular weight is 366 g/mol. The molecule has 1 saturated carbocycles. The standard InChI is InChI=1S/C22H32F2O2/c1-3-5-15-6-8-16(9-7-15)19-12-10-17(14-26-19)18-11-13-20(25-4-2)22(24)21(18)23/h11,13,15-17,19H,3-10,12,14H2,1-2H3. The number of ether oxygens (including phenoxy) is 2. The molecule has 1 aromatic carbocycles. The van der Waals surface area contributed by atoms with Crippen LogP contribution < -0.4 is 4.74 Å². The molecule has 2 nitrogen and oxygen atoms in total. The predicted molar refractivity (Wildman–Crippen MR) is 99.6 cm³/mol. The van der Waals surface area contributed by atoms with Gasteiger partial charge in [0, 0.05) is 5.92 Å². The fraction of sp³-hybridized carbons (Fsp3) is 0.727. The maximum absolute atomic E-state index is 14.4. The van der Waals surface area contributed by atoms with Gasteiger partial charge in [0.25, 0.3) is 0 Å². The lowest BCUT2D eigenvalue weighted by molar-refractivity contribution is -0.0440. The van der Waals surface area contributed by atoms with E-state index in [4.69, 9.17) is 9.47 Å². The van der Waals surface area contributed by atoms with Crippen LogP contribution in [-0.2, 0) is 4.74 Å². The molecular formula is C22H32F2O2. The number of rotatable bonds is 6. The Balaban J connectivity index is 1.55. The Morgan fingerprint density at radius 1 is 1.00 bits per heavy atom. The van der Waals surface area contributed by atoms with Crippen molar-refractivity contribution in [3.05, 3.63) is 29.3 Å². The molecule has 1 heterocycles. The topological polar surface area (TPSA) is 18.5 Å². The molecule has 0 amide bonds. The van der Waals surface area contributed by atoms with Crippen LogP contribution in [0.5, 0.6) is 5.75 Å². The van der Waals surface area contributed by atoms with Crippen molar-refractivity contribution in [1.82, 2.24) is 0 Å². The molecule has 1 aliphatic carbocycles. The van der Waals surface area contributed by atoms with Gasteiger partial charge in [0.1, 0.15) is 0 Å². The zero-order chi connectivity index (χ0) is 18.5. The zero-order valence-corrected chi connectivity index (χ0v) is 16.1. The first-order valence-corrected chi connectivity index (χ1v) is 10.4. The summed E-state index contributed by atoms with van der Waals surface area (Å²) in [6.07, 6.45) is 9.89. The third-order valence-electron chi connectivity index (χ3n) is 6.24. The van der Waals surface area contributed by atoms with Crippen molar-refractivity contribution in [1.29, 1.82) is 0 Å². The van der Waals surface area contributed by atoms with E-state index in [-0.39, 0.29) is 11.7 Å². The minimum absolute atomic E-state index is 0.00723. The second kappa shape index (κ2) is 9.16. The highest BCUT2D eigenvalue weighted by atomic mass is 19.2. The maximum atomic E-state index is 14.4. The van der Waals surface area contributed by atoms with E-state index in [1.54, 1.807) is 19.1 Å². The molecule has 0 aromatic heterocycles. The highest BCUT2D eigenvalue weighted by Gasteiger charge is 2.33. The molecule has 1 aromatic rings. The van der Waals surface area contributed by atoms with Crippen LogP contribution in [0, 0.1) is 23.5 Å². The Kier molecular flexibility index (Phi) is 6.91. The normalized spacial score (nSPS) is 29.5. The predicted octanol–water partition coefficient (Wildman–Crippen LogP) is 6.23. The largest absolute Gasteiger partial charge is 0.491 e. The van der Waals surface area contributed by atoms with Crippen molar-refractivity contribution < 1.29 is 18.3 Å². The van der Waals surface area contributed by atoms with Crippen LogP contribution in [0.25, 0.3) is 0 Å². The molecule has 146 valence electrons. The number of halogens is 2. The molecule has 2 atom stereocenters. The SMILES string of the molecule is CCCC1CCC(C2CCC(c3ccc(OCC)c(F)c3F)CO2)CC1. The maximum Gasteiger partial charge on any atom is 0.200 e. The third-order valence-corrected chi connectivity index (χ3v) is 6.24. The Labute approximate surface area is 156 Å². The van der Waals surface area contributed by atoms with Crippen molar-refractivity contribution in [2.45, 2.75) is 77.2 Å². The van der Waals surface area contributed by atoms with E-state index < -0.39 is 11.6 Å². The lowest BCUT2D eigenvalue weighted by Gasteiger charge is -2.38. The first-order chi connectivity index (χ1) is 12.6. The van der Waals surface area contributed by atoms with Crippen molar-refractivity contribution in [2.24, 2.45) is 11.8 Å². The van der Waals surface area contributed by atoms with Gasteiger partial charge in [0.05, 0.1) is 19.3 Å². The van der Waals surface area contributed by atoms with E-state index in [0.29, 0.717) is 30.8 Å². The summed E-state index contributed by atoms with van der Waals surface area (Å²) >= 11 is 0. The molecule has 2 fully saturated rings. The van der Waals surface area contributed by atoms with Gasteiger partial charge in [-0.25, -0.2) is 4.39 Å². The molecule has 0 N–H and O–H groups in total. The second-order valence-electron chi connectivity index (χ2n) is 7.93. The molecular weight excluding hydrogens is 334 g/mol. The molecule has 0 bridgehead atoms. The minimum Gasteiger partial charge on any atom is -0.491 e. The molecule has 2 unspecified atom stereocenters. The van der Waals surface area contributed by atoms with E-state index >= 15 is 0 Å². The van der Waals surface area contributed by atoms with E-state index in [2.05, 4.69) is 6.92 Å². The zero-order valence-electron chi connectivity index (χ0n) is 16.1. The van der Waals surface area contributed by atoms with E-state index in [1.807, 2.05) is 0 Å². The molecule has 2 aliphatic rings. The van der Waals surface area contributed by atoms with E-state index in [9.17, 15) is 8.78 Å². The summed E-state index contributed by atoms with van der Waals surface area (Å²) in [5.74, 6) is -0.177. The summed E-state index contributed by atoms with van der Waals surface area (Å²) in [7, 11) is 0. The van der Waals surface area contributed by atoms with Crippen LogP contribution in [0.2, 0.25) is 0 Å². The number of benzene rings is 1. The van der Waals surface area contributed by atoms with E-state index in [0.717, 1.165) is 18.8 Å². The van der Waals surface area contributed by atoms with Gasteiger partial charge >= 0.3 is 0 Å². The van der Waals surface area contributed by atoms with Crippen molar-refractivity contribution >= 4 is 0 Å². The summed E-state index contributed by atoms with van der Waals surface area (Å²) < 4.78 is 39.8. The van der Waals surface area contributed by atoms with Gasteiger partial charge in [0.2, 0.25) is 5.82 Å². The smallest absolute Gasteiger partial charge is 0.200 e. The van der Waals surface area contributed by atoms with Crippen molar-refractivity contribution in [3.8, 4) is 5.75 Å². The van der Waals surface area contributed by atoms with Gasteiger partial charge in [-0.3, -0.25) is 0 Å². The first kappa shape index (κ1) is 19.6. The lowest BCUT2D eigenvalue weighted by Crippen LogP contribution is -2.33. The van der Waals surface area contributed by atoms with Crippen LogP contribution >= 0.6 is 0 Å². The first-order valence-electron chi connectivity index (χ1n) is 10.4. The van der Waals surface area contributed by atoms with Crippen molar-refractivity contribution in [3.63, 3.8) is 0 Å². The minimum atomic E-state index is -0.874. The highest BCUT2D eigenvalue weighted by molar-refractivity contribution is 5.33. The Bertz CT molecular complexity index is 574. The Morgan fingerprint density at radius 2 is 1.77 bits per heavy atom. The lowest BCUT2D eigenvalue weighted by atomic mass is 9.75. The summed E-state index contributed by atoms with van der Waals surface area (Å²) in [6, 6.07) is 3.20. The molecule has 3 rings (SSSR count). The van der Waals surface area contributed by atoms with Crippen LogP contribution in [0.4, 0.5) is 8.78 Å². The van der Waals surface area contributed by atoms with Gasteiger partial charge in [-0.05, 0) is 56.1 Å². The summed E-state index contributed by atoms with van der Waals surface area (Å²) in [4.78, 5) is 0. The van der Waals surface area contributed by atoms with Gasteiger partial charge < -0.3 is 9.47 Å². The fourth-order valence-corrected chi connectivity index (χ4v) is 4.77. The van der Waals surface area contributed by atoms with Crippen LogP contribution in [-0.4, -0.2) is 19.3 Å². The molecule has 1 aliphatic heterocycles. The second-order valence-corrected chi connectivity index (χ2v) is 7.93. The number of hydrogen-bond donors (Lipinski definition) is 0. The Hall–Kier alpha value is -1.16. The van der Waals surface area contributed by atoms with Gasteiger partial charge in [-0.1, -0.05) is 38.7 Å². The van der Waals surface area contributed by atoms with Gasteiger partial charge in [-0.15, -0.1) is 0 Å². The molecule has 4 heteroatoms. The summed E-state index contributed by atoms with van der Waals surface area (Å²) in [5.41, 5.74) is 0.427. The molecule has 1 saturated heterocycles. The number of hydrogen-bond acceptors (Lipinski definition) is 2. The van der Waals surface area contributed by atoms with Crippen LogP contribution in [0.3, 0.4) is 0 Å². The highest BCUT2D eigenvalue weighted by Crippen LogP contribution is 2.40. The summed E-state index contributed by atoms with van der Waals surface area (Å²) in [5, 5.41) is 0. The third kappa shape index (κ3) is 4.39. The van der Waals surface area contributed by atoms with Crippen molar-refractivity contribution in [2.75, 3.05) is 13.2 Å².